The lowest BCUT2D eigenvalue weighted by Gasteiger charge is -2.27. The third-order valence-corrected chi connectivity index (χ3v) is 3.04. The Hall–Kier alpha value is -1.21. The molecule has 1 aliphatic rings. The van der Waals surface area contributed by atoms with E-state index in [4.69, 9.17) is 16.3 Å². The SMILES string of the molecule is O=[N+]([O-])c1cc(CNN2CCOCC2)ccc1Cl. The molecular formula is C11H14ClN3O3. The third kappa shape index (κ3) is 3.39. The summed E-state index contributed by atoms with van der Waals surface area (Å²) in [5.41, 5.74) is 3.98. The number of halogens is 1. The first kappa shape index (κ1) is 13.2. The predicted molar refractivity (Wildman–Crippen MR) is 67.3 cm³/mol. The normalized spacial score (nSPS) is 16.7. The van der Waals surface area contributed by atoms with Gasteiger partial charge < -0.3 is 4.74 Å². The number of ether oxygens (including phenoxy) is 1. The number of nitro benzene ring substituents is 1. The van der Waals surface area contributed by atoms with Crippen LogP contribution in [0.3, 0.4) is 0 Å². The average Bonchev–Trinajstić information content (AvgIpc) is 2.38. The van der Waals surface area contributed by atoms with E-state index >= 15 is 0 Å². The zero-order valence-corrected chi connectivity index (χ0v) is 10.5. The highest BCUT2D eigenvalue weighted by Crippen LogP contribution is 2.24. The van der Waals surface area contributed by atoms with Gasteiger partial charge in [-0.1, -0.05) is 17.7 Å². The lowest BCUT2D eigenvalue weighted by molar-refractivity contribution is -0.384. The monoisotopic (exact) mass is 271 g/mol. The van der Waals surface area contributed by atoms with Crippen molar-refractivity contribution in [1.82, 2.24) is 10.4 Å². The molecule has 6 nitrogen and oxygen atoms in total. The summed E-state index contributed by atoms with van der Waals surface area (Å²) in [7, 11) is 0. The second kappa shape index (κ2) is 6.10. The molecule has 1 aliphatic heterocycles. The molecule has 1 N–H and O–H groups in total. The Morgan fingerprint density at radius 2 is 2.17 bits per heavy atom. The molecule has 0 amide bonds. The molecule has 1 saturated heterocycles. The molecule has 0 saturated carbocycles. The first-order chi connectivity index (χ1) is 8.66. The predicted octanol–water partition coefficient (Wildman–Crippen LogP) is 1.58. The summed E-state index contributed by atoms with van der Waals surface area (Å²) in [6, 6.07) is 4.83. The summed E-state index contributed by atoms with van der Waals surface area (Å²) in [6.45, 7) is 3.57. The van der Waals surface area contributed by atoms with Gasteiger partial charge in [0.1, 0.15) is 5.02 Å². The van der Waals surface area contributed by atoms with Crippen LogP contribution in [0.5, 0.6) is 0 Å². The van der Waals surface area contributed by atoms with Gasteiger partial charge in [0, 0.05) is 25.7 Å². The Kier molecular flexibility index (Phi) is 4.48. The summed E-state index contributed by atoms with van der Waals surface area (Å²) in [5.74, 6) is 0. The molecule has 1 aromatic carbocycles. The molecule has 0 bridgehead atoms. The van der Waals surface area contributed by atoms with Crippen molar-refractivity contribution in [2.45, 2.75) is 6.54 Å². The molecule has 2 rings (SSSR count). The van der Waals surface area contributed by atoms with E-state index in [0.717, 1.165) is 18.7 Å². The first-order valence-corrected chi connectivity index (χ1v) is 6.03. The Bertz CT molecular complexity index is 436. The van der Waals surface area contributed by atoms with Gasteiger partial charge in [-0.15, -0.1) is 0 Å². The summed E-state index contributed by atoms with van der Waals surface area (Å²) < 4.78 is 5.23. The highest BCUT2D eigenvalue weighted by atomic mass is 35.5. The highest BCUT2D eigenvalue weighted by Gasteiger charge is 2.14. The fourth-order valence-corrected chi connectivity index (χ4v) is 1.92. The first-order valence-electron chi connectivity index (χ1n) is 5.66. The second-order valence-electron chi connectivity index (χ2n) is 3.98. The largest absolute Gasteiger partial charge is 0.379 e. The van der Waals surface area contributed by atoms with Crippen LogP contribution in [0.15, 0.2) is 18.2 Å². The van der Waals surface area contributed by atoms with Gasteiger partial charge in [-0.05, 0) is 11.6 Å². The van der Waals surface area contributed by atoms with Gasteiger partial charge in [0.05, 0.1) is 18.1 Å². The number of nitrogens with zero attached hydrogens (tertiary/aromatic N) is 2. The van der Waals surface area contributed by atoms with Crippen LogP contribution in [0.25, 0.3) is 0 Å². The minimum Gasteiger partial charge on any atom is -0.379 e. The van der Waals surface area contributed by atoms with Gasteiger partial charge in [0.25, 0.3) is 5.69 Å². The molecule has 18 heavy (non-hydrogen) atoms. The summed E-state index contributed by atoms with van der Waals surface area (Å²) >= 11 is 5.75. The molecule has 0 aromatic heterocycles. The fourth-order valence-electron chi connectivity index (χ4n) is 1.73. The van der Waals surface area contributed by atoms with Crippen molar-refractivity contribution in [3.8, 4) is 0 Å². The van der Waals surface area contributed by atoms with Crippen LogP contribution in [-0.4, -0.2) is 36.2 Å². The summed E-state index contributed by atoms with van der Waals surface area (Å²) in [5, 5.41) is 13.0. The molecule has 1 aromatic rings. The number of hydrazine groups is 1. The van der Waals surface area contributed by atoms with E-state index in [1.54, 1.807) is 12.1 Å². The maximum absolute atomic E-state index is 10.8. The number of rotatable bonds is 4. The topological polar surface area (TPSA) is 67.6 Å². The molecule has 1 heterocycles. The molecular weight excluding hydrogens is 258 g/mol. The lowest BCUT2D eigenvalue weighted by atomic mass is 10.2. The number of morpholine rings is 1. The third-order valence-electron chi connectivity index (χ3n) is 2.73. The van der Waals surface area contributed by atoms with Crippen molar-refractivity contribution in [3.05, 3.63) is 38.9 Å². The van der Waals surface area contributed by atoms with Crippen molar-refractivity contribution in [3.63, 3.8) is 0 Å². The van der Waals surface area contributed by atoms with Crippen molar-refractivity contribution in [1.29, 1.82) is 0 Å². The number of hydrogen-bond acceptors (Lipinski definition) is 5. The lowest BCUT2D eigenvalue weighted by Crippen LogP contribution is -2.45. The van der Waals surface area contributed by atoms with Crippen LogP contribution in [-0.2, 0) is 11.3 Å². The van der Waals surface area contributed by atoms with Gasteiger partial charge >= 0.3 is 0 Å². The minimum absolute atomic E-state index is 0.0575. The Balaban J connectivity index is 1.96. The molecule has 0 atom stereocenters. The number of nitro groups is 1. The van der Waals surface area contributed by atoms with E-state index in [9.17, 15) is 10.1 Å². The van der Waals surface area contributed by atoms with Crippen molar-refractivity contribution >= 4 is 17.3 Å². The van der Waals surface area contributed by atoms with Crippen LogP contribution in [0.4, 0.5) is 5.69 Å². The van der Waals surface area contributed by atoms with E-state index in [2.05, 4.69) is 5.43 Å². The van der Waals surface area contributed by atoms with E-state index in [0.29, 0.717) is 19.8 Å². The number of benzene rings is 1. The highest BCUT2D eigenvalue weighted by molar-refractivity contribution is 6.32. The van der Waals surface area contributed by atoms with Crippen molar-refractivity contribution in [2.24, 2.45) is 0 Å². The summed E-state index contributed by atoms with van der Waals surface area (Å²) in [4.78, 5) is 10.3. The van der Waals surface area contributed by atoms with Gasteiger partial charge in [-0.3, -0.25) is 15.5 Å². The maximum atomic E-state index is 10.8. The zero-order chi connectivity index (χ0) is 13.0. The number of nitrogens with one attached hydrogen (secondary N) is 1. The average molecular weight is 272 g/mol. The Morgan fingerprint density at radius 3 is 2.83 bits per heavy atom. The minimum atomic E-state index is -0.472. The van der Waals surface area contributed by atoms with E-state index in [1.807, 2.05) is 5.01 Å². The van der Waals surface area contributed by atoms with Crippen LogP contribution >= 0.6 is 11.6 Å². The zero-order valence-electron chi connectivity index (χ0n) is 9.76. The maximum Gasteiger partial charge on any atom is 0.288 e. The molecule has 7 heteroatoms. The van der Waals surface area contributed by atoms with Crippen molar-refractivity contribution < 1.29 is 9.66 Å². The van der Waals surface area contributed by atoms with Crippen molar-refractivity contribution in [2.75, 3.05) is 26.3 Å². The van der Waals surface area contributed by atoms with E-state index in [-0.39, 0.29) is 10.7 Å². The van der Waals surface area contributed by atoms with Gasteiger partial charge in [0.15, 0.2) is 0 Å². The Morgan fingerprint density at radius 1 is 1.44 bits per heavy atom. The number of hydrogen-bond donors (Lipinski definition) is 1. The second-order valence-corrected chi connectivity index (χ2v) is 4.38. The summed E-state index contributed by atoms with van der Waals surface area (Å²) in [6.07, 6.45) is 0. The van der Waals surface area contributed by atoms with Gasteiger partial charge in [-0.2, -0.15) is 0 Å². The van der Waals surface area contributed by atoms with Crippen LogP contribution in [0, 0.1) is 10.1 Å². The van der Waals surface area contributed by atoms with E-state index < -0.39 is 4.92 Å². The molecule has 0 spiro atoms. The molecule has 0 aliphatic carbocycles. The quantitative estimate of drug-likeness (QED) is 0.665. The van der Waals surface area contributed by atoms with Crippen LogP contribution in [0.1, 0.15) is 5.56 Å². The van der Waals surface area contributed by atoms with Crippen LogP contribution < -0.4 is 5.43 Å². The molecule has 0 radical (unpaired) electrons. The smallest absolute Gasteiger partial charge is 0.288 e. The van der Waals surface area contributed by atoms with Gasteiger partial charge in [0.2, 0.25) is 0 Å². The standard InChI is InChI=1S/C11H14ClN3O3/c12-10-2-1-9(7-11(10)15(16)17)8-13-14-3-5-18-6-4-14/h1-2,7,13H,3-6,8H2. The molecule has 98 valence electrons. The fraction of sp³-hybridized carbons (Fsp3) is 0.455. The Labute approximate surface area is 110 Å². The van der Waals surface area contributed by atoms with E-state index in [1.165, 1.54) is 6.07 Å². The van der Waals surface area contributed by atoms with Crippen LogP contribution in [0.2, 0.25) is 5.02 Å². The molecule has 1 fully saturated rings. The van der Waals surface area contributed by atoms with Gasteiger partial charge in [-0.25, -0.2) is 5.01 Å². The molecule has 0 unspecified atom stereocenters.